The van der Waals surface area contributed by atoms with E-state index in [1.54, 1.807) is 0 Å². The molecule has 7 heteroatoms. The second-order valence-corrected chi connectivity index (χ2v) is 23.0. The van der Waals surface area contributed by atoms with E-state index in [0.717, 1.165) is 45.6 Å². The number of hydrogen-bond acceptors (Lipinski definition) is 6. The highest BCUT2D eigenvalue weighted by Crippen LogP contribution is 2.22. The van der Waals surface area contributed by atoms with E-state index < -0.39 is 0 Å². The molecule has 1 rings (SSSR count). The molecule has 1 unspecified atom stereocenters. The van der Waals surface area contributed by atoms with Crippen LogP contribution in [0.3, 0.4) is 0 Å². The fraction of sp³-hybridized carbons (Fsp3) is 0.969. The monoisotopic (exact) mass is 1000 g/mol. The number of carbonyl (C=O) groups is 2. The van der Waals surface area contributed by atoms with Crippen LogP contribution in [0.25, 0.3) is 0 Å². The van der Waals surface area contributed by atoms with Crippen LogP contribution in [0.15, 0.2) is 0 Å². The zero-order valence-corrected chi connectivity index (χ0v) is 49.2. The molecule has 0 aromatic rings. The average Bonchev–Trinajstić information content (AvgIpc) is 3.86. The van der Waals surface area contributed by atoms with Gasteiger partial charge in [0, 0.05) is 32.6 Å². The molecule has 1 heterocycles. The number of esters is 1. The highest BCUT2D eigenvalue weighted by atomic mass is 16.5. The summed E-state index contributed by atoms with van der Waals surface area (Å²) in [6, 6.07) is 0. The van der Waals surface area contributed by atoms with Gasteiger partial charge in [-0.25, -0.2) is 0 Å². The first kappa shape index (κ1) is 67.8. The molecular weight excluding hydrogens is 873 g/mol. The number of nitrogens with zero attached hydrogens (tertiary/aromatic N) is 4. The lowest BCUT2D eigenvalue weighted by atomic mass is 10.0. The number of hydrogen-bond donors (Lipinski definition) is 0. The van der Waals surface area contributed by atoms with Crippen LogP contribution >= 0.6 is 0 Å². The maximum Gasteiger partial charge on any atom is 0.305 e. The summed E-state index contributed by atoms with van der Waals surface area (Å²) in [5.74, 6) is 0.974. The highest BCUT2D eigenvalue weighted by molar-refractivity contribution is 5.78. The minimum Gasteiger partial charge on any atom is -0.469 e. The topological polar surface area (TPSA) is 56.3 Å². The van der Waals surface area contributed by atoms with Gasteiger partial charge in [0.15, 0.2) is 0 Å². The predicted octanol–water partition coefficient (Wildman–Crippen LogP) is 18.2. The first-order valence-corrected chi connectivity index (χ1v) is 32.5. The number of ether oxygens (including phenoxy) is 1. The predicted molar refractivity (Wildman–Crippen MR) is 312 cm³/mol. The summed E-state index contributed by atoms with van der Waals surface area (Å²) in [5.41, 5.74) is 0. The van der Waals surface area contributed by atoms with Gasteiger partial charge in [-0.1, -0.05) is 259 Å². The van der Waals surface area contributed by atoms with Crippen molar-refractivity contribution in [2.45, 2.75) is 317 Å². The van der Waals surface area contributed by atoms with Gasteiger partial charge in [-0.15, -0.1) is 0 Å². The molecule has 0 radical (unpaired) electrons. The van der Waals surface area contributed by atoms with Gasteiger partial charge in [-0.3, -0.25) is 14.5 Å². The van der Waals surface area contributed by atoms with E-state index in [0.29, 0.717) is 24.8 Å². The van der Waals surface area contributed by atoms with Crippen molar-refractivity contribution >= 4 is 11.9 Å². The highest BCUT2D eigenvalue weighted by Gasteiger charge is 2.27. The molecule has 0 aromatic heterocycles. The van der Waals surface area contributed by atoms with Crippen LogP contribution in [0.4, 0.5) is 0 Å². The van der Waals surface area contributed by atoms with Crippen molar-refractivity contribution in [3.05, 3.63) is 0 Å². The Morgan fingerprint density at radius 3 is 1.03 bits per heavy atom. The van der Waals surface area contributed by atoms with Gasteiger partial charge in [0.25, 0.3) is 0 Å². The second kappa shape index (κ2) is 53.6. The fourth-order valence-electron chi connectivity index (χ4n) is 11.2. The van der Waals surface area contributed by atoms with E-state index in [1.165, 1.54) is 310 Å². The summed E-state index contributed by atoms with van der Waals surface area (Å²) < 4.78 is 4.79. The molecule has 71 heavy (non-hydrogen) atoms. The normalized spacial score (nSPS) is 14.0. The minimum atomic E-state index is -0.0698. The van der Waals surface area contributed by atoms with E-state index in [9.17, 15) is 9.59 Å². The molecule has 1 aliphatic rings. The third kappa shape index (κ3) is 44.8. The lowest BCUT2D eigenvalue weighted by Gasteiger charge is -2.29. The number of methoxy groups -OCH3 is 1. The van der Waals surface area contributed by atoms with E-state index in [4.69, 9.17) is 4.74 Å². The van der Waals surface area contributed by atoms with Crippen LogP contribution in [0.5, 0.6) is 0 Å². The first-order chi connectivity index (χ1) is 35.0. The van der Waals surface area contributed by atoms with E-state index in [2.05, 4.69) is 47.3 Å². The number of carbonyl (C=O) groups excluding carboxylic acids is 2. The van der Waals surface area contributed by atoms with E-state index in [-0.39, 0.29) is 5.97 Å². The summed E-state index contributed by atoms with van der Waals surface area (Å²) in [4.78, 5) is 36.0. The molecule has 1 fully saturated rings. The van der Waals surface area contributed by atoms with Crippen molar-refractivity contribution < 1.29 is 14.3 Å². The molecule has 0 aliphatic carbocycles. The van der Waals surface area contributed by atoms with Gasteiger partial charge in [-0.2, -0.15) is 0 Å². The minimum absolute atomic E-state index is 0.0698. The summed E-state index contributed by atoms with van der Waals surface area (Å²) in [6.07, 6.45) is 59.7. The molecule has 1 saturated heterocycles. The molecule has 7 nitrogen and oxygen atoms in total. The SMILES string of the molecule is CCCCCCCCCCCCCCN(CCCCCCCCCCCC(=O)OC)CCC1CCN(C(=O)CN(CCCCCCCCC)CCN(CCCCCCCCC)CCCCCCCCC)C1. The number of unbranched alkanes of at least 4 members (excludes halogenated alkanes) is 37. The maximum atomic E-state index is 14.2. The first-order valence-electron chi connectivity index (χ1n) is 32.5. The van der Waals surface area contributed by atoms with Crippen LogP contribution in [0.2, 0.25) is 0 Å². The Hall–Kier alpha value is -1.18. The quantitative estimate of drug-likeness (QED) is 0.0447. The number of likely N-dealkylation sites (tertiary alicyclic amines) is 1. The van der Waals surface area contributed by atoms with Crippen molar-refractivity contribution in [3.63, 3.8) is 0 Å². The fourth-order valence-corrected chi connectivity index (χ4v) is 11.2. The maximum absolute atomic E-state index is 14.2. The Morgan fingerprint density at radius 2 is 0.676 bits per heavy atom. The van der Waals surface area contributed by atoms with Crippen molar-refractivity contribution in [1.29, 1.82) is 0 Å². The molecule has 1 atom stereocenters. The Morgan fingerprint density at radius 1 is 0.380 bits per heavy atom. The second-order valence-electron chi connectivity index (χ2n) is 23.0. The third-order valence-electron chi connectivity index (χ3n) is 16.2. The molecule has 0 bridgehead atoms. The number of rotatable bonds is 57. The van der Waals surface area contributed by atoms with Gasteiger partial charge in [0.1, 0.15) is 0 Å². The van der Waals surface area contributed by atoms with E-state index in [1.807, 2.05) is 0 Å². The average molecular weight is 1000 g/mol. The van der Waals surface area contributed by atoms with Crippen LogP contribution in [-0.4, -0.2) is 111 Å². The van der Waals surface area contributed by atoms with Gasteiger partial charge >= 0.3 is 5.97 Å². The van der Waals surface area contributed by atoms with Crippen LogP contribution < -0.4 is 0 Å². The van der Waals surface area contributed by atoms with Crippen LogP contribution in [-0.2, 0) is 14.3 Å². The van der Waals surface area contributed by atoms with Gasteiger partial charge in [0.2, 0.25) is 5.91 Å². The number of amides is 1. The summed E-state index contributed by atoms with van der Waals surface area (Å²) >= 11 is 0. The summed E-state index contributed by atoms with van der Waals surface area (Å²) in [7, 11) is 1.49. The zero-order valence-electron chi connectivity index (χ0n) is 49.2. The molecule has 1 amide bonds. The Bertz CT molecular complexity index is 1090. The zero-order chi connectivity index (χ0) is 51.3. The Kier molecular flexibility index (Phi) is 51.2. The van der Waals surface area contributed by atoms with Gasteiger partial charge in [0.05, 0.1) is 13.7 Å². The lowest BCUT2D eigenvalue weighted by molar-refractivity contribution is -0.140. The molecule has 0 saturated carbocycles. The van der Waals surface area contributed by atoms with Crippen LogP contribution in [0, 0.1) is 5.92 Å². The molecule has 0 aromatic carbocycles. The summed E-state index contributed by atoms with van der Waals surface area (Å²) in [5, 5.41) is 0. The van der Waals surface area contributed by atoms with Crippen molar-refractivity contribution in [3.8, 4) is 0 Å². The van der Waals surface area contributed by atoms with Gasteiger partial charge in [-0.05, 0) is 96.6 Å². The van der Waals surface area contributed by atoms with Gasteiger partial charge < -0.3 is 19.4 Å². The smallest absolute Gasteiger partial charge is 0.305 e. The lowest BCUT2D eigenvalue weighted by Crippen LogP contribution is -2.43. The molecule has 0 spiro atoms. The Balaban J connectivity index is 2.73. The largest absolute Gasteiger partial charge is 0.469 e. The third-order valence-corrected chi connectivity index (χ3v) is 16.2. The molecule has 0 N–H and O–H groups in total. The van der Waals surface area contributed by atoms with Crippen molar-refractivity contribution in [2.75, 3.05) is 79.1 Å². The molecular formula is C64H128N4O3. The standard InChI is InChI=1S/C64H128N4O3/c1-6-10-14-18-22-23-24-25-28-34-39-43-51-65(52-44-40-35-29-26-27-30-36-42-48-64(70)71-5)56-49-62-50-57-68(60-62)63(69)61-67(55-47-41-33-21-17-13-9-4)59-58-66(53-45-37-31-19-15-11-7-2)54-46-38-32-20-16-12-8-3/h62H,6-61H2,1-5H3. The molecule has 422 valence electrons. The Labute approximate surface area is 445 Å². The summed E-state index contributed by atoms with van der Waals surface area (Å²) in [6.45, 7) is 21.2. The van der Waals surface area contributed by atoms with Crippen molar-refractivity contribution in [2.24, 2.45) is 5.92 Å². The van der Waals surface area contributed by atoms with Crippen molar-refractivity contribution in [1.82, 2.24) is 19.6 Å². The van der Waals surface area contributed by atoms with Crippen LogP contribution in [0.1, 0.15) is 317 Å². The molecule has 1 aliphatic heterocycles. The van der Waals surface area contributed by atoms with E-state index >= 15 is 0 Å².